The van der Waals surface area contributed by atoms with E-state index in [4.69, 9.17) is 0 Å². The second kappa shape index (κ2) is 3.63. The van der Waals surface area contributed by atoms with Gasteiger partial charge in [-0.3, -0.25) is 0 Å². The second-order valence-corrected chi connectivity index (χ2v) is 4.14. The molecule has 1 rings (SSSR count). The average Bonchev–Trinajstić information content (AvgIpc) is 1.88. The molecule has 2 unspecified atom stereocenters. The van der Waals surface area contributed by atoms with Gasteiger partial charge in [0.1, 0.15) is 0 Å². The fraction of sp³-hybridized carbons (Fsp3) is 1.00. The minimum absolute atomic E-state index is 0.791. The molecule has 0 N–H and O–H groups in total. The third-order valence-electron chi connectivity index (χ3n) is 2.31. The maximum atomic E-state index is 2.49. The Morgan fingerprint density at radius 2 is 2.10 bits per heavy atom. The molecule has 2 heteroatoms. The average molecular weight is 159 g/mol. The van der Waals surface area contributed by atoms with Gasteiger partial charge in [-0.15, -0.1) is 0 Å². The molecule has 0 aromatic heterocycles. The van der Waals surface area contributed by atoms with Gasteiger partial charge in [0, 0.05) is 12.6 Å². The molecule has 1 aliphatic heterocycles. The van der Waals surface area contributed by atoms with Gasteiger partial charge in [0.25, 0.3) is 0 Å². The first kappa shape index (κ1) is 8.41. The number of rotatable bonds is 1. The van der Waals surface area contributed by atoms with Crippen molar-refractivity contribution in [3.63, 3.8) is 0 Å². The number of hydrogen-bond acceptors (Lipinski definition) is 2. The van der Waals surface area contributed by atoms with Crippen molar-refractivity contribution in [1.82, 2.24) is 4.31 Å². The lowest BCUT2D eigenvalue weighted by Crippen LogP contribution is -2.34. The maximum absolute atomic E-state index is 2.49. The van der Waals surface area contributed by atoms with Gasteiger partial charge in [-0.25, -0.2) is 4.31 Å². The molecule has 0 aromatic rings. The van der Waals surface area contributed by atoms with Gasteiger partial charge in [-0.1, -0.05) is 18.9 Å². The normalized spacial score (nSPS) is 36.3. The van der Waals surface area contributed by atoms with Gasteiger partial charge in [0.15, 0.2) is 0 Å². The zero-order valence-corrected chi connectivity index (χ0v) is 7.95. The second-order valence-electron chi connectivity index (χ2n) is 3.30. The van der Waals surface area contributed by atoms with Crippen molar-refractivity contribution in [2.45, 2.75) is 32.7 Å². The number of nitrogens with zero attached hydrogens (tertiary/aromatic N) is 1. The Labute approximate surface area is 68.3 Å². The molecule has 10 heavy (non-hydrogen) atoms. The molecule has 0 radical (unpaired) electrons. The molecule has 1 fully saturated rings. The van der Waals surface area contributed by atoms with Crippen LogP contribution in [0.2, 0.25) is 0 Å². The molecular weight excluding hydrogens is 142 g/mol. The Hall–Kier alpha value is 0.310. The Balaban J connectivity index is 2.36. The highest BCUT2D eigenvalue weighted by Gasteiger charge is 2.21. The highest BCUT2D eigenvalue weighted by atomic mass is 32.2. The molecule has 0 amide bonds. The summed E-state index contributed by atoms with van der Waals surface area (Å²) in [6.07, 6.45) is 4.93. The van der Waals surface area contributed by atoms with E-state index in [0.717, 1.165) is 12.0 Å². The van der Waals surface area contributed by atoms with Crippen LogP contribution in [0, 0.1) is 5.92 Å². The lowest BCUT2D eigenvalue weighted by Gasteiger charge is -2.34. The van der Waals surface area contributed by atoms with Crippen LogP contribution >= 0.6 is 11.9 Å². The zero-order chi connectivity index (χ0) is 7.56. The molecule has 1 nitrogen and oxygen atoms in total. The van der Waals surface area contributed by atoms with E-state index in [1.165, 1.54) is 19.4 Å². The molecule has 0 spiro atoms. The van der Waals surface area contributed by atoms with Crippen molar-refractivity contribution in [3.8, 4) is 0 Å². The van der Waals surface area contributed by atoms with Crippen LogP contribution in [0.5, 0.6) is 0 Å². The van der Waals surface area contributed by atoms with Crippen molar-refractivity contribution >= 4 is 11.9 Å². The van der Waals surface area contributed by atoms with Crippen LogP contribution in [0.25, 0.3) is 0 Å². The van der Waals surface area contributed by atoms with E-state index in [0.29, 0.717) is 0 Å². The molecule has 2 atom stereocenters. The summed E-state index contributed by atoms with van der Waals surface area (Å²) in [5.74, 6) is 0.943. The smallest absolute Gasteiger partial charge is 0.0176 e. The van der Waals surface area contributed by atoms with Crippen molar-refractivity contribution in [1.29, 1.82) is 0 Å². The fourth-order valence-electron chi connectivity index (χ4n) is 1.66. The maximum Gasteiger partial charge on any atom is 0.0176 e. The first-order valence-electron chi connectivity index (χ1n) is 4.04. The molecular formula is C8H17NS. The minimum atomic E-state index is 0.791. The Bertz CT molecular complexity index is 105. The van der Waals surface area contributed by atoms with E-state index < -0.39 is 0 Å². The summed E-state index contributed by atoms with van der Waals surface area (Å²) < 4.78 is 2.49. The van der Waals surface area contributed by atoms with E-state index in [9.17, 15) is 0 Å². The molecule has 0 bridgehead atoms. The molecule has 1 aliphatic rings. The summed E-state index contributed by atoms with van der Waals surface area (Å²) >= 11 is 1.89. The molecule has 1 saturated heterocycles. The predicted octanol–water partition coefficient (Wildman–Crippen LogP) is 2.38. The van der Waals surface area contributed by atoms with Gasteiger partial charge < -0.3 is 0 Å². The standard InChI is InChI=1S/C8H17NS/c1-7-4-5-9(10-3)8(2)6-7/h7-8H,4-6H2,1-3H3. The van der Waals surface area contributed by atoms with Crippen LogP contribution in [-0.4, -0.2) is 23.1 Å². The summed E-state index contributed by atoms with van der Waals surface area (Å²) in [5, 5.41) is 0. The van der Waals surface area contributed by atoms with Gasteiger partial charge in [-0.05, 0) is 31.9 Å². The summed E-state index contributed by atoms with van der Waals surface area (Å²) in [6, 6.07) is 0.791. The zero-order valence-electron chi connectivity index (χ0n) is 7.13. The molecule has 0 saturated carbocycles. The molecule has 1 heterocycles. The molecule has 0 aromatic carbocycles. The largest absolute Gasteiger partial charge is 0.248 e. The van der Waals surface area contributed by atoms with Crippen molar-refractivity contribution in [2.24, 2.45) is 5.92 Å². The van der Waals surface area contributed by atoms with Gasteiger partial charge >= 0.3 is 0 Å². The first-order chi connectivity index (χ1) is 4.74. The van der Waals surface area contributed by atoms with Gasteiger partial charge in [0.2, 0.25) is 0 Å². The first-order valence-corrected chi connectivity index (χ1v) is 5.23. The van der Waals surface area contributed by atoms with Crippen molar-refractivity contribution in [2.75, 3.05) is 12.8 Å². The monoisotopic (exact) mass is 159 g/mol. The predicted molar refractivity (Wildman–Crippen MR) is 48.1 cm³/mol. The van der Waals surface area contributed by atoms with E-state index >= 15 is 0 Å². The van der Waals surface area contributed by atoms with Crippen LogP contribution in [-0.2, 0) is 0 Å². The van der Waals surface area contributed by atoms with Crippen molar-refractivity contribution in [3.05, 3.63) is 0 Å². The highest BCUT2D eigenvalue weighted by molar-refractivity contribution is 7.96. The van der Waals surface area contributed by atoms with Crippen LogP contribution in [0.3, 0.4) is 0 Å². The highest BCUT2D eigenvalue weighted by Crippen LogP contribution is 2.25. The molecule has 60 valence electrons. The summed E-state index contributed by atoms with van der Waals surface area (Å²) in [4.78, 5) is 0. The lowest BCUT2D eigenvalue weighted by molar-refractivity contribution is 0.237. The topological polar surface area (TPSA) is 3.24 Å². The lowest BCUT2D eigenvalue weighted by atomic mass is 9.95. The van der Waals surface area contributed by atoms with E-state index in [1.54, 1.807) is 0 Å². The van der Waals surface area contributed by atoms with Crippen LogP contribution in [0.15, 0.2) is 0 Å². The Kier molecular flexibility index (Phi) is 3.05. The van der Waals surface area contributed by atoms with Crippen molar-refractivity contribution < 1.29 is 0 Å². The quantitative estimate of drug-likeness (QED) is 0.540. The number of hydrogen-bond donors (Lipinski definition) is 0. The molecule has 0 aliphatic carbocycles. The number of piperidine rings is 1. The third kappa shape index (κ3) is 1.89. The van der Waals surface area contributed by atoms with Crippen LogP contribution in [0.1, 0.15) is 26.7 Å². The van der Waals surface area contributed by atoms with E-state index in [-0.39, 0.29) is 0 Å². The van der Waals surface area contributed by atoms with Gasteiger partial charge in [-0.2, -0.15) is 0 Å². The minimum Gasteiger partial charge on any atom is -0.248 e. The van der Waals surface area contributed by atoms with Crippen LogP contribution < -0.4 is 0 Å². The summed E-state index contributed by atoms with van der Waals surface area (Å²) in [5.41, 5.74) is 0. The SMILES string of the molecule is CSN1CCC(C)CC1C. The summed E-state index contributed by atoms with van der Waals surface area (Å²) in [7, 11) is 0. The van der Waals surface area contributed by atoms with Gasteiger partial charge in [0.05, 0.1) is 0 Å². The van der Waals surface area contributed by atoms with E-state index in [1.807, 2.05) is 11.9 Å². The third-order valence-corrected chi connectivity index (χ3v) is 3.32. The van der Waals surface area contributed by atoms with E-state index in [2.05, 4.69) is 24.4 Å². The Morgan fingerprint density at radius 3 is 2.60 bits per heavy atom. The van der Waals surface area contributed by atoms with Crippen LogP contribution in [0.4, 0.5) is 0 Å². The fourth-order valence-corrected chi connectivity index (χ4v) is 2.39. The summed E-state index contributed by atoms with van der Waals surface area (Å²) in [6.45, 7) is 5.96. The Morgan fingerprint density at radius 1 is 1.40 bits per heavy atom.